The van der Waals surface area contributed by atoms with Crippen LogP contribution in [-0.2, 0) is 0 Å². The van der Waals surface area contributed by atoms with E-state index < -0.39 is 0 Å². The maximum Gasteiger partial charge on any atom is 0.145 e. The van der Waals surface area contributed by atoms with Gasteiger partial charge in [-0.3, -0.25) is 0 Å². The molecule has 19 heavy (non-hydrogen) atoms. The third kappa shape index (κ3) is 3.62. The van der Waals surface area contributed by atoms with Gasteiger partial charge in [0, 0.05) is 12.1 Å². The molecule has 1 saturated carbocycles. The van der Waals surface area contributed by atoms with Crippen molar-refractivity contribution in [3.63, 3.8) is 0 Å². The van der Waals surface area contributed by atoms with E-state index in [0.717, 1.165) is 17.5 Å². The number of hydrogen-bond donors (Lipinski definition) is 1. The first-order valence-corrected chi connectivity index (χ1v) is 7.29. The van der Waals surface area contributed by atoms with Gasteiger partial charge in [-0.25, -0.2) is 4.39 Å². The Morgan fingerprint density at radius 2 is 2.05 bits per heavy atom. The average Bonchev–Trinajstić information content (AvgIpc) is 2.37. The predicted molar refractivity (Wildman–Crippen MR) is 77.2 cm³/mol. The fourth-order valence-corrected chi connectivity index (χ4v) is 2.79. The van der Waals surface area contributed by atoms with Gasteiger partial charge in [0.1, 0.15) is 11.6 Å². The second kappa shape index (κ2) is 6.27. The van der Waals surface area contributed by atoms with Crippen molar-refractivity contribution in [3.05, 3.63) is 24.0 Å². The monoisotopic (exact) mass is 265 g/mol. The van der Waals surface area contributed by atoms with Gasteiger partial charge < -0.3 is 10.1 Å². The highest BCUT2D eigenvalue weighted by Crippen LogP contribution is 2.33. The first kappa shape index (κ1) is 14.2. The minimum Gasteiger partial charge on any atom is -0.492 e. The number of benzene rings is 1. The Labute approximate surface area is 115 Å². The molecule has 0 saturated heterocycles. The lowest BCUT2D eigenvalue weighted by Crippen LogP contribution is -2.30. The Morgan fingerprint density at radius 1 is 1.26 bits per heavy atom. The summed E-state index contributed by atoms with van der Waals surface area (Å²) in [6.07, 6.45) is 3.60. The summed E-state index contributed by atoms with van der Waals surface area (Å²) in [5, 5.41) is 3.52. The molecule has 3 atom stereocenters. The van der Waals surface area contributed by atoms with Crippen molar-refractivity contribution >= 4 is 5.69 Å². The molecule has 0 aliphatic heterocycles. The Hall–Kier alpha value is -1.25. The fraction of sp³-hybridized carbons (Fsp3) is 0.625. The topological polar surface area (TPSA) is 21.3 Å². The fourth-order valence-electron chi connectivity index (χ4n) is 2.79. The van der Waals surface area contributed by atoms with Gasteiger partial charge in [0.2, 0.25) is 0 Å². The summed E-state index contributed by atoms with van der Waals surface area (Å²) in [5.41, 5.74) is 0.912. The Bertz CT molecular complexity index is 421. The summed E-state index contributed by atoms with van der Waals surface area (Å²) < 4.78 is 18.8. The van der Waals surface area contributed by atoms with Crippen molar-refractivity contribution in [1.29, 1.82) is 0 Å². The minimum atomic E-state index is -0.250. The molecule has 0 spiro atoms. The molecule has 1 aromatic carbocycles. The van der Waals surface area contributed by atoms with Crippen LogP contribution < -0.4 is 10.1 Å². The number of anilines is 1. The smallest absolute Gasteiger partial charge is 0.145 e. The van der Waals surface area contributed by atoms with Crippen LogP contribution in [0, 0.1) is 17.7 Å². The molecular formula is C16H24FNO. The average molecular weight is 265 g/mol. The molecule has 3 heteroatoms. The van der Waals surface area contributed by atoms with E-state index in [1.165, 1.54) is 31.4 Å². The molecule has 1 fully saturated rings. The summed E-state index contributed by atoms with van der Waals surface area (Å²) in [5.74, 6) is 1.91. The van der Waals surface area contributed by atoms with Crippen molar-refractivity contribution in [2.24, 2.45) is 11.8 Å². The standard InChI is InChI=1S/C16H24FNO/c1-4-19-16-10-13(17)6-8-15(16)18-14-7-5-11(2)12(3)9-14/h6,8,10-12,14,18H,4-5,7,9H2,1-3H3. The normalized spacial score (nSPS) is 27.1. The molecule has 1 aliphatic rings. The molecule has 0 aromatic heterocycles. The van der Waals surface area contributed by atoms with Gasteiger partial charge in [0.15, 0.2) is 0 Å². The summed E-state index contributed by atoms with van der Waals surface area (Å²) in [7, 11) is 0. The summed E-state index contributed by atoms with van der Waals surface area (Å²) in [4.78, 5) is 0. The van der Waals surface area contributed by atoms with E-state index in [1.807, 2.05) is 6.92 Å². The highest BCUT2D eigenvalue weighted by molar-refractivity contribution is 5.57. The molecule has 1 N–H and O–H groups in total. The lowest BCUT2D eigenvalue weighted by atomic mass is 9.79. The van der Waals surface area contributed by atoms with Crippen LogP contribution in [0.3, 0.4) is 0 Å². The van der Waals surface area contributed by atoms with E-state index in [1.54, 1.807) is 6.07 Å². The van der Waals surface area contributed by atoms with E-state index in [2.05, 4.69) is 19.2 Å². The first-order chi connectivity index (χ1) is 9.10. The quantitative estimate of drug-likeness (QED) is 0.867. The van der Waals surface area contributed by atoms with E-state index >= 15 is 0 Å². The number of ether oxygens (including phenoxy) is 1. The summed E-state index contributed by atoms with van der Waals surface area (Å²) >= 11 is 0. The third-order valence-electron chi connectivity index (χ3n) is 4.20. The molecule has 0 bridgehead atoms. The first-order valence-electron chi connectivity index (χ1n) is 7.29. The van der Waals surface area contributed by atoms with Gasteiger partial charge in [-0.15, -0.1) is 0 Å². The van der Waals surface area contributed by atoms with Gasteiger partial charge in [-0.05, 0) is 50.2 Å². The van der Waals surface area contributed by atoms with Gasteiger partial charge in [-0.2, -0.15) is 0 Å². The van der Waals surface area contributed by atoms with Crippen LogP contribution in [0.5, 0.6) is 5.75 Å². The molecule has 1 aliphatic carbocycles. The zero-order valence-corrected chi connectivity index (χ0v) is 12.1. The third-order valence-corrected chi connectivity index (χ3v) is 4.20. The molecular weight excluding hydrogens is 241 g/mol. The molecule has 2 nitrogen and oxygen atoms in total. The van der Waals surface area contributed by atoms with Crippen LogP contribution >= 0.6 is 0 Å². The van der Waals surface area contributed by atoms with Crippen LogP contribution in [0.15, 0.2) is 18.2 Å². The zero-order chi connectivity index (χ0) is 13.8. The summed E-state index contributed by atoms with van der Waals surface area (Å²) in [6, 6.07) is 5.19. The molecule has 106 valence electrons. The van der Waals surface area contributed by atoms with Crippen LogP contribution in [0.2, 0.25) is 0 Å². The van der Waals surface area contributed by atoms with Crippen LogP contribution in [0.4, 0.5) is 10.1 Å². The van der Waals surface area contributed by atoms with Gasteiger partial charge in [0.05, 0.1) is 12.3 Å². The number of halogens is 1. The molecule has 0 heterocycles. The summed E-state index contributed by atoms with van der Waals surface area (Å²) in [6.45, 7) is 7.10. The van der Waals surface area contributed by atoms with E-state index in [0.29, 0.717) is 18.4 Å². The lowest BCUT2D eigenvalue weighted by Gasteiger charge is -2.33. The molecule has 3 unspecified atom stereocenters. The molecule has 0 amide bonds. The maximum absolute atomic E-state index is 13.3. The van der Waals surface area contributed by atoms with Crippen LogP contribution in [-0.4, -0.2) is 12.6 Å². The zero-order valence-electron chi connectivity index (χ0n) is 12.1. The van der Waals surface area contributed by atoms with E-state index in [-0.39, 0.29) is 5.82 Å². The molecule has 0 radical (unpaired) electrons. The second-order valence-electron chi connectivity index (χ2n) is 5.68. The highest BCUT2D eigenvalue weighted by Gasteiger charge is 2.24. The van der Waals surface area contributed by atoms with Gasteiger partial charge >= 0.3 is 0 Å². The Kier molecular flexibility index (Phi) is 4.67. The van der Waals surface area contributed by atoms with E-state index in [9.17, 15) is 4.39 Å². The van der Waals surface area contributed by atoms with E-state index in [4.69, 9.17) is 4.74 Å². The van der Waals surface area contributed by atoms with Crippen LogP contribution in [0.25, 0.3) is 0 Å². The second-order valence-corrected chi connectivity index (χ2v) is 5.68. The lowest BCUT2D eigenvalue weighted by molar-refractivity contribution is 0.260. The van der Waals surface area contributed by atoms with Crippen molar-refractivity contribution in [2.75, 3.05) is 11.9 Å². The van der Waals surface area contributed by atoms with Gasteiger partial charge in [-0.1, -0.05) is 13.8 Å². The Balaban J connectivity index is 2.06. The van der Waals surface area contributed by atoms with Crippen molar-refractivity contribution in [3.8, 4) is 5.75 Å². The number of nitrogens with one attached hydrogen (secondary N) is 1. The SMILES string of the molecule is CCOc1cc(F)ccc1NC1CCC(C)C(C)C1. The molecule has 2 rings (SSSR count). The van der Waals surface area contributed by atoms with Crippen molar-refractivity contribution in [2.45, 2.75) is 46.1 Å². The minimum absolute atomic E-state index is 0.250. The van der Waals surface area contributed by atoms with Gasteiger partial charge in [0.25, 0.3) is 0 Å². The highest BCUT2D eigenvalue weighted by atomic mass is 19.1. The van der Waals surface area contributed by atoms with Crippen molar-refractivity contribution < 1.29 is 9.13 Å². The van der Waals surface area contributed by atoms with Crippen molar-refractivity contribution in [1.82, 2.24) is 0 Å². The maximum atomic E-state index is 13.3. The largest absolute Gasteiger partial charge is 0.492 e. The Morgan fingerprint density at radius 3 is 2.74 bits per heavy atom. The number of hydrogen-bond acceptors (Lipinski definition) is 2. The molecule has 1 aromatic rings. The predicted octanol–water partition coefficient (Wildman–Crippen LogP) is 4.46. The van der Waals surface area contributed by atoms with Crippen LogP contribution in [0.1, 0.15) is 40.0 Å². The number of rotatable bonds is 4.